The third-order valence-corrected chi connectivity index (χ3v) is 3.36. The van der Waals surface area contributed by atoms with Gasteiger partial charge in [0.15, 0.2) is 0 Å². The molecule has 0 bridgehead atoms. The highest BCUT2D eigenvalue weighted by atomic mass is 16.5. The highest BCUT2D eigenvalue weighted by Crippen LogP contribution is 2.21. The highest BCUT2D eigenvalue weighted by molar-refractivity contribution is 5.94. The fraction of sp³-hybridized carbons (Fsp3) is 0.429. The van der Waals surface area contributed by atoms with E-state index >= 15 is 0 Å². The maximum absolute atomic E-state index is 12.3. The average molecular weight is 276 g/mol. The number of aryl methyl sites for hydroxylation is 3. The van der Waals surface area contributed by atoms with Crippen molar-refractivity contribution in [3.05, 3.63) is 35.0 Å². The smallest absolute Gasteiger partial charge is 0.268 e. The topological polar surface area (TPSA) is 86.1 Å². The van der Waals surface area contributed by atoms with Gasteiger partial charge in [0.1, 0.15) is 11.5 Å². The number of hydrogen-bond donors (Lipinski definition) is 2. The van der Waals surface area contributed by atoms with Crippen LogP contribution < -0.4 is 11.1 Å². The van der Waals surface area contributed by atoms with Crippen molar-refractivity contribution in [1.82, 2.24) is 15.0 Å². The first-order chi connectivity index (χ1) is 9.43. The van der Waals surface area contributed by atoms with Crippen LogP contribution in [0.15, 0.2) is 16.8 Å². The SMILES string of the molecule is CCn1cc(N)cc1C(=O)NC(C)c1c(C)noc1C. The van der Waals surface area contributed by atoms with Crippen LogP contribution in [0.5, 0.6) is 0 Å². The Morgan fingerprint density at radius 1 is 1.55 bits per heavy atom. The summed E-state index contributed by atoms with van der Waals surface area (Å²) < 4.78 is 6.95. The van der Waals surface area contributed by atoms with Crippen LogP contribution in [0, 0.1) is 13.8 Å². The van der Waals surface area contributed by atoms with Crippen LogP contribution in [0.25, 0.3) is 0 Å². The van der Waals surface area contributed by atoms with Crippen molar-refractivity contribution in [3.63, 3.8) is 0 Å². The molecule has 2 aromatic heterocycles. The number of nitrogen functional groups attached to an aromatic ring is 1. The van der Waals surface area contributed by atoms with Crippen LogP contribution >= 0.6 is 0 Å². The summed E-state index contributed by atoms with van der Waals surface area (Å²) in [7, 11) is 0. The molecule has 2 rings (SSSR count). The zero-order chi connectivity index (χ0) is 14.9. The van der Waals surface area contributed by atoms with Gasteiger partial charge in [-0.05, 0) is 33.8 Å². The molecule has 0 aromatic carbocycles. The predicted octanol–water partition coefficient (Wildman–Crippen LogP) is 2.19. The summed E-state index contributed by atoms with van der Waals surface area (Å²) in [5, 5.41) is 6.86. The predicted molar refractivity (Wildman–Crippen MR) is 76.4 cm³/mol. The summed E-state index contributed by atoms with van der Waals surface area (Å²) in [6.45, 7) is 8.27. The van der Waals surface area contributed by atoms with Crippen molar-refractivity contribution in [3.8, 4) is 0 Å². The van der Waals surface area contributed by atoms with Crippen LogP contribution in [0.2, 0.25) is 0 Å². The van der Waals surface area contributed by atoms with E-state index in [4.69, 9.17) is 10.3 Å². The zero-order valence-electron chi connectivity index (χ0n) is 12.2. The van der Waals surface area contributed by atoms with Crippen molar-refractivity contribution in [1.29, 1.82) is 0 Å². The monoisotopic (exact) mass is 276 g/mol. The molecule has 6 heteroatoms. The summed E-state index contributed by atoms with van der Waals surface area (Å²) in [6.07, 6.45) is 1.76. The molecule has 3 N–H and O–H groups in total. The molecule has 0 radical (unpaired) electrons. The second-order valence-corrected chi connectivity index (χ2v) is 4.88. The third-order valence-electron chi connectivity index (χ3n) is 3.36. The standard InChI is InChI=1S/C14H20N4O2/c1-5-18-7-11(15)6-12(18)14(19)16-8(2)13-9(3)17-20-10(13)4/h6-8H,5,15H2,1-4H3,(H,16,19). The van der Waals surface area contributed by atoms with Crippen LogP contribution in [-0.2, 0) is 6.54 Å². The first-order valence-corrected chi connectivity index (χ1v) is 6.63. The van der Waals surface area contributed by atoms with Gasteiger partial charge in [0.05, 0.1) is 17.4 Å². The summed E-state index contributed by atoms with van der Waals surface area (Å²) >= 11 is 0. The molecule has 20 heavy (non-hydrogen) atoms. The Labute approximate surface area is 117 Å². The first-order valence-electron chi connectivity index (χ1n) is 6.63. The van der Waals surface area contributed by atoms with E-state index in [2.05, 4.69) is 10.5 Å². The van der Waals surface area contributed by atoms with E-state index < -0.39 is 0 Å². The lowest BCUT2D eigenvalue weighted by Gasteiger charge is -2.14. The number of amides is 1. The molecular weight excluding hydrogens is 256 g/mol. The van der Waals surface area contributed by atoms with E-state index in [1.54, 1.807) is 12.3 Å². The molecule has 0 fully saturated rings. The maximum Gasteiger partial charge on any atom is 0.268 e. The van der Waals surface area contributed by atoms with Crippen LogP contribution in [0.3, 0.4) is 0 Å². The minimum atomic E-state index is -0.171. The van der Waals surface area contributed by atoms with Gasteiger partial charge in [-0.3, -0.25) is 4.79 Å². The number of carbonyl (C=O) groups is 1. The molecule has 0 spiro atoms. The molecule has 0 saturated carbocycles. The molecule has 0 aliphatic carbocycles. The van der Waals surface area contributed by atoms with Gasteiger partial charge in [-0.2, -0.15) is 0 Å². The lowest BCUT2D eigenvalue weighted by Crippen LogP contribution is -2.29. The van der Waals surface area contributed by atoms with Gasteiger partial charge >= 0.3 is 0 Å². The molecule has 108 valence electrons. The number of nitrogens with zero attached hydrogens (tertiary/aromatic N) is 2. The quantitative estimate of drug-likeness (QED) is 0.896. The van der Waals surface area contributed by atoms with Gasteiger partial charge in [0.25, 0.3) is 5.91 Å². The van der Waals surface area contributed by atoms with Crippen molar-refractivity contribution < 1.29 is 9.32 Å². The Balaban J connectivity index is 2.19. The molecule has 6 nitrogen and oxygen atoms in total. The summed E-state index contributed by atoms with van der Waals surface area (Å²) in [4.78, 5) is 12.3. The molecule has 1 amide bonds. The van der Waals surface area contributed by atoms with Crippen LogP contribution in [0.1, 0.15) is 47.4 Å². The minimum Gasteiger partial charge on any atom is -0.397 e. The lowest BCUT2D eigenvalue weighted by atomic mass is 10.1. The van der Waals surface area contributed by atoms with E-state index in [1.165, 1.54) is 0 Å². The van der Waals surface area contributed by atoms with Crippen molar-refractivity contribution in [2.24, 2.45) is 0 Å². The Morgan fingerprint density at radius 3 is 2.80 bits per heavy atom. The van der Waals surface area contributed by atoms with Gasteiger partial charge < -0.3 is 20.1 Å². The fourth-order valence-corrected chi connectivity index (χ4v) is 2.44. The zero-order valence-corrected chi connectivity index (χ0v) is 12.2. The molecule has 1 unspecified atom stereocenters. The second-order valence-electron chi connectivity index (χ2n) is 4.88. The van der Waals surface area contributed by atoms with Crippen molar-refractivity contribution in [2.75, 3.05) is 5.73 Å². The van der Waals surface area contributed by atoms with E-state index in [9.17, 15) is 4.79 Å². The minimum absolute atomic E-state index is 0.156. The van der Waals surface area contributed by atoms with Gasteiger partial charge in [-0.25, -0.2) is 0 Å². The maximum atomic E-state index is 12.3. The molecule has 0 saturated heterocycles. The Hall–Kier alpha value is -2.24. The van der Waals surface area contributed by atoms with Gasteiger partial charge in [-0.1, -0.05) is 5.16 Å². The fourth-order valence-electron chi connectivity index (χ4n) is 2.44. The third kappa shape index (κ3) is 2.54. The Kier molecular flexibility index (Phi) is 3.83. The normalized spacial score (nSPS) is 12.4. The largest absolute Gasteiger partial charge is 0.397 e. The van der Waals surface area contributed by atoms with Gasteiger partial charge in [0.2, 0.25) is 0 Å². The van der Waals surface area contributed by atoms with E-state index in [-0.39, 0.29) is 11.9 Å². The molecule has 0 aliphatic heterocycles. The highest BCUT2D eigenvalue weighted by Gasteiger charge is 2.20. The number of rotatable bonds is 4. The molecule has 2 aromatic rings. The number of hydrogen-bond acceptors (Lipinski definition) is 4. The van der Waals surface area contributed by atoms with Crippen molar-refractivity contribution in [2.45, 2.75) is 40.3 Å². The Bertz CT molecular complexity index is 608. The molecule has 1 atom stereocenters. The second kappa shape index (κ2) is 5.40. The number of carbonyl (C=O) groups excluding carboxylic acids is 1. The molecule has 2 heterocycles. The Morgan fingerprint density at radius 2 is 2.25 bits per heavy atom. The summed E-state index contributed by atoms with van der Waals surface area (Å²) in [6, 6.07) is 1.51. The number of aromatic nitrogens is 2. The summed E-state index contributed by atoms with van der Waals surface area (Å²) in [5.41, 5.74) is 8.59. The van der Waals surface area contributed by atoms with Crippen LogP contribution in [0.4, 0.5) is 5.69 Å². The number of nitrogens with two attached hydrogens (primary N) is 1. The lowest BCUT2D eigenvalue weighted by molar-refractivity contribution is 0.0930. The average Bonchev–Trinajstić information content (AvgIpc) is 2.92. The van der Waals surface area contributed by atoms with Gasteiger partial charge in [-0.15, -0.1) is 0 Å². The van der Waals surface area contributed by atoms with Gasteiger partial charge in [0, 0.05) is 18.3 Å². The van der Waals surface area contributed by atoms with E-state index in [0.717, 1.165) is 17.0 Å². The van der Waals surface area contributed by atoms with Crippen LogP contribution in [-0.4, -0.2) is 15.6 Å². The van der Waals surface area contributed by atoms with E-state index in [0.29, 0.717) is 17.9 Å². The number of nitrogens with one attached hydrogen (secondary N) is 1. The molecule has 0 aliphatic rings. The first kappa shape index (κ1) is 14.2. The summed E-state index contributed by atoms with van der Waals surface area (Å²) in [5.74, 6) is 0.566. The van der Waals surface area contributed by atoms with E-state index in [1.807, 2.05) is 32.3 Å². The molecular formula is C14H20N4O2. The van der Waals surface area contributed by atoms with Crippen molar-refractivity contribution >= 4 is 11.6 Å². The number of anilines is 1.